The van der Waals surface area contributed by atoms with Gasteiger partial charge in [-0.15, -0.1) is 0 Å². The van der Waals surface area contributed by atoms with E-state index in [9.17, 15) is 27.2 Å². The molecular formula is C24H26FN5O5S. The summed E-state index contributed by atoms with van der Waals surface area (Å²) < 4.78 is 41.7. The molecule has 1 atom stereocenters. The second kappa shape index (κ2) is 12.1. The Hall–Kier alpha value is -4.06. The van der Waals surface area contributed by atoms with E-state index in [-0.39, 0.29) is 24.2 Å². The summed E-state index contributed by atoms with van der Waals surface area (Å²) in [6, 6.07) is 13.5. The molecule has 0 fully saturated rings. The number of carbonyl (C=O) groups excluding carboxylic acids is 3. The largest absolute Gasteiger partial charge is 0.370 e. The molecule has 0 saturated carbocycles. The van der Waals surface area contributed by atoms with Crippen LogP contribution >= 0.6 is 0 Å². The van der Waals surface area contributed by atoms with Crippen LogP contribution in [0.1, 0.15) is 31.2 Å². The summed E-state index contributed by atoms with van der Waals surface area (Å²) in [7, 11) is -4.35. The Labute approximate surface area is 207 Å². The lowest BCUT2D eigenvalue weighted by atomic mass is 10.1. The lowest BCUT2D eigenvalue weighted by molar-refractivity contribution is -0.128. The molecule has 0 spiro atoms. The maximum Gasteiger partial charge on any atom is 0.267 e. The van der Waals surface area contributed by atoms with E-state index < -0.39 is 39.6 Å². The number of rotatable bonds is 12. The first-order valence-corrected chi connectivity index (χ1v) is 12.6. The molecule has 0 aliphatic carbocycles. The molecule has 0 saturated heterocycles. The molecule has 1 unspecified atom stereocenters. The van der Waals surface area contributed by atoms with E-state index in [1.165, 1.54) is 28.9 Å². The number of nitrogens with two attached hydrogens (primary N) is 1. The summed E-state index contributed by atoms with van der Waals surface area (Å²) in [4.78, 5) is 36.1. The Morgan fingerprint density at radius 3 is 2.39 bits per heavy atom. The molecule has 0 aliphatic rings. The number of halogens is 1. The van der Waals surface area contributed by atoms with Crippen molar-refractivity contribution in [3.8, 4) is 5.69 Å². The van der Waals surface area contributed by atoms with Gasteiger partial charge in [0.25, 0.3) is 15.9 Å². The van der Waals surface area contributed by atoms with Gasteiger partial charge in [0.1, 0.15) is 16.8 Å². The van der Waals surface area contributed by atoms with E-state index in [0.29, 0.717) is 18.5 Å². The van der Waals surface area contributed by atoms with Gasteiger partial charge in [0, 0.05) is 12.8 Å². The van der Waals surface area contributed by atoms with Crippen LogP contribution in [0.3, 0.4) is 0 Å². The van der Waals surface area contributed by atoms with Gasteiger partial charge in [-0.1, -0.05) is 30.3 Å². The molecule has 3 amide bonds. The van der Waals surface area contributed by atoms with Crippen LogP contribution in [0.5, 0.6) is 0 Å². The summed E-state index contributed by atoms with van der Waals surface area (Å²) in [5.74, 6) is -2.64. The predicted octanol–water partition coefficient (Wildman–Crippen LogP) is 1.59. The second-order valence-corrected chi connectivity index (χ2v) is 9.71. The zero-order valence-corrected chi connectivity index (χ0v) is 20.1. The number of amides is 3. The van der Waals surface area contributed by atoms with Crippen molar-refractivity contribution in [2.24, 2.45) is 5.73 Å². The summed E-state index contributed by atoms with van der Waals surface area (Å²) in [6.45, 7) is 0. The van der Waals surface area contributed by atoms with E-state index in [2.05, 4.69) is 10.4 Å². The quantitative estimate of drug-likeness (QED) is 0.333. The number of nitrogens with one attached hydrogen (secondary N) is 2. The summed E-state index contributed by atoms with van der Waals surface area (Å²) in [5, 5.41) is 6.42. The fourth-order valence-electron chi connectivity index (χ4n) is 3.36. The molecule has 1 aromatic heterocycles. The first kappa shape index (κ1) is 26.5. The van der Waals surface area contributed by atoms with Crippen molar-refractivity contribution in [2.75, 3.05) is 0 Å². The van der Waals surface area contributed by atoms with Crippen LogP contribution in [0, 0.1) is 5.82 Å². The van der Waals surface area contributed by atoms with Crippen LogP contribution in [0.4, 0.5) is 4.39 Å². The normalized spacial score (nSPS) is 12.0. The summed E-state index contributed by atoms with van der Waals surface area (Å²) >= 11 is 0. The number of carbonyl (C=O) groups is 3. The SMILES string of the molecule is NC(=O)CCC(NC(=O)CCCc1ccccc1)C(=O)NS(=O)(=O)c1cnn(-c2ccc(F)cc2)c1. The number of sulfonamides is 1. The number of hydrogen-bond acceptors (Lipinski definition) is 6. The zero-order chi connectivity index (χ0) is 26.1. The number of aryl methyl sites for hydroxylation is 1. The van der Waals surface area contributed by atoms with Gasteiger partial charge in [-0.05, 0) is 49.1 Å². The molecule has 1 heterocycles. The Morgan fingerprint density at radius 1 is 1.03 bits per heavy atom. The van der Waals surface area contributed by atoms with Crippen molar-refractivity contribution < 1.29 is 27.2 Å². The van der Waals surface area contributed by atoms with Crippen LogP contribution < -0.4 is 15.8 Å². The van der Waals surface area contributed by atoms with E-state index in [1.807, 2.05) is 35.1 Å². The molecule has 4 N–H and O–H groups in total. The highest BCUT2D eigenvalue weighted by Crippen LogP contribution is 2.14. The molecule has 3 aromatic rings. The third kappa shape index (κ3) is 7.73. The van der Waals surface area contributed by atoms with E-state index >= 15 is 0 Å². The number of nitrogens with zero attached hydrogens (tertiary/aromatic N) is 2. The minimum absolute atomic E-state index is 0.104. The van der Waals surface area contributed by atoms with Crippen molar-refractivity contribution in [1.82, 2.24) is 19.8 Å². The highest BCUT2D eigenvalue weighted by atomic mass is 32.2. The van der Waals surface area contributed by atoms with Gasteiger partial charge < -0.3 is 11.1 Å². The van der Waals surface area contributed by atoms with Gasteiger partial charge in [0.15, 0.2) is 0 Å². The van der Waals surface area contributed by atoms with E-state index in [1.54, 1.807) is 0 Å². The second-order valence-electron chi connectivity index (χ2n) is 8.03. The van der Waals surface area contributed by atoms with Crippen LogP contribution in [0.25, 0.3) is 5.69 Å². The average Bonchev–Trinajstić information content (AvgIpc) is 3.34. The van der Waals surface area contributed by atoms with Gasteiger partial charge in [-0.3, -0.25) is 14.4 Å². The minimum Gasteiger partial charge on any atom is -0.370 e. The van der Waals surface area contributed by atoms with E-state index in [0.717, 1.165) is 18.0 Å². The average molecular weight is 516 g/mol. The molecular weight excluding hydrogens is 489 g/mol. The van der Waals surface area contributed by atoms with Crippen molar-refractivity contribution in [3.63, 3.8) is 0 Å². The fourth-order valence-corrected chi connectivity index (χ4v) is 4.31. The maximum absolute atomic E-state index is 13.1. The molecule has 0 radical (unpaired) electrons. The summed E-state index contributed by atoms with van der Waals surface area (Å²) in [6.07, 6.45) is 3.05. The lowest BCUT2D eigenvalue weighted by Gasteiger charge is -2.18. The number of benzene rings is 2. The smallest absolute Gasteiger partial charge is 0.267 e. The molecule has 10 nitrogen and oxygen atoms in total. The first-order chi connectivity index (χ1) is 17.1. The van der Waals surface area contributed by atoms with E-state index in [4.69, 9.17) is 5.73 Å². The Balaban J connectivity index is 1.63. The van der Waals surface area contributed by atoms with Crippen molar-refractivity contribution >= 4 is 27.7 Å². The third-order valence-corrected chi connectivity index (χ3v) is 6.54. The molecule has 0 bridgehead atoms. The van der Waals surface area contributed by atoms with Gasteiger partial charge in [-0.2, -0.15) is 5.10 Å². The molecule has 0 aliphatic heterocycles. The Bertz CT molecular complexity index is 1310. The zero-order valence-electron chi connectivity index (χ0n) is 19.3. The third-order valence-electron chi connectivity index (χ3n) is 5.24. The van der Waals surface area contributed by atoms with Crippen molar-refractivity contribution in [2.45, 2.75) is 43.0 Å². The van der Waals surface area contributed by atoms with Crippen molar-refractivity contribution in [3.05, 3.63) is 78.4 Å². The number of aromatic nitrogens is 2. The Morgan fingerprint density at radius 2 is 1.72 bits per heavy atom. The van der Waals surface area contributed by atoms with Gasteiger partial charge >= 0.3 is 0 Å². The highest BCUT2D eigenvalue weighted by Gasteiger charge is 2.27. The van der Waals surface area contributed by atoms with Crippen LogP contribution in [-0.2, 0) is 30.8 Å². The van der Waals surface area contributed by atoms with Crippen LogP contribution in [0.15, 0.2) is 71.9 Å². The predicted molar refractivity (Wildman–Crippen MR) is 129 cm³/mol. The minimum atomic E-state index is -4.35. The van der Waals surface area contributed by atoms with Crippen molar-refractivity contribution in [1.29, 1.82) is 0 Å². The molecule has 190 valence electrons. The maximum atomic E-state index is 13.1. The monoisotopic (exact) mass is 515 g/mol. The Kier molecular flexibility index (Phi) is 8.90. The van der Waals surface area contributed by atoms with Gasteiger partial charge in [-0.25, -0.2) is 22.2 Å². The molecule has 3 rings (SSSR count). The number of primary amides is 1. The summed E-state index contributed by atoms with van der Waals surface area (Å²) in [5.41, 5.74) is 6.63. The van der Waals surface area contributed by atoms with Gasteiger partial charge in [0.05, 0.1) is 18.1 Å². The highest BCUT2D eigenvalue weighted by molar-refractivity contribution is 7.90. The standard InChI is InChI=1S/C24H26FN5O5S/c25-18-9-11-19(12-10-18)30-16-20(15-27-30)36(34,35)29-24(33)21(13-14-22(26)31)28-23(32)8-4-7-17-5-2-1-3-6-17/h1-3,5-6,9-12,15-16,21H,4,7-8,13-14H2,(H2,26,31)(H,28,32)(H,29,33). The van der Waals surface area contributed by atoms with Crippen LogP contribution in [-0.4, -0.2) is 42.0 Å². The lowest BCUT2D eigenvalue weighted by Crippen LogP contribution is -2.48. The molecule has 2 aromatic carbocycles. The number of hydrogen-bond donors (Lipinski definition) is 3. The first-order valence-electron chi connectivity index (χ1n) is 11.1. The fraction of sp³-hybridized carbons (Fsp3) is 0.250. The topological polar surface area (TPSA) is 153 Å². The molecule has 36 heavy (non-hydrogen) atoms. The van der Waals surface area contributed by atoms with Crippen LogP contribution in [0.2, 0.25) is 0 Å². The van der Waals surface area contributed by atoms with Gasteiger partial charge in [0.2, 0.25) is 11.8 Å². The molecule has 12 heteroatoms.